The molecule has 20 heavy (non-hydrogen) atoms. The van der Waals surface area contributed by atoms with Crippen LogP contribution in [0.4, 0.5) is 0 Å². The van der Waals surface area contributed by atoms with Gasteiger partial charge in [0.15, 0.2) is 0 Å². The van der Waals surface area contributed by atoms with Crippen molar-refractivity contribution < 1.29 is 14.6 Å². The molecule has 1 aromatic carbocycles. The smallest absolute Gasteiger partial charge is 0.320 e. The van der Waals surface area contributed by atoms with E-state index in [1.54, 1.807) is 7.11 Å². The minimum absolute atomic E-state index is 0.209. The van der Waals surface area contributed by atoms with E-state index < -0.39 is 12.0 Å². The molecule has 0 radical (unpaired) electrons. The van der Waals surface area contributed by atoms with Crippen molar-refractivity contribution in [1.29, 1.82) is 0 Å². The number of carboxylic acid groups (broad SMARTS) is 1. The predicted octanol–water partition coefficient (Wildman–Crippen LogP) is 2.83. The molecule has 110 valence electrons. The third-order valence-electron chi connectivity index (χ3n) is 3.82. The number of aryl methyl sites for hydroxylation is 1. The predicted molar refractivity (Wildman–Crippen MR) is 78.6 cm³/mol. The second-order valence-electron chi connectivity index (χ2n) is 5.19. The van der Waals surface area contributed by atoms with Gasteiger partial charge in [-0.15, -0.1) is 11.6 Å². The molecule has 0 spiro atoms. The first kappa shape index (κ1) is 15.1. The molecule has 0 aromatic heterocycles. The molecule has 2 rings (SSSR count). The number of alkyl halides is 1. The Morgan fingerprint density at radius 1 is 1.60 bits per heavy atom. The third-order valence-corrected chi connectivity index (χ3v) is 4.21. The zero-order chi connectivity index (χ0) is 14.7. The van der Waals surface area contributed by atoms with Crippen LogP contribution in [0.2, 0.25) is 0 Å². The average molecular weight is 298 g/mol. The largest absolute Gasteiger partial charge is 0.496 e. The number of hydrogen-bond acceptors (Lipinski definition) is 3. The van der Waals surface area contributed by atoms with E-state index in [1.165, 1.54) is 0 Å². The highest BCUT2D eigenvalue weighted by atomic mass is 35.5. The second-order valence-corrected chi connectivity index (χ2v) is 5.71. The lowest BCUT2D eigenvalue weighted by Crippen LogP contribution is -2.37. The molecule has 1 heterocycles. The molecule has 1 aliphatic heterocycles. The lowest BCUT2D eigenvalue weighted by atomic mass is 10.1. The van der Waals surface area contributed by atoms with Gasteiger partial charge in [0.1, 0.15) is 11.8 Å². The van der Waals surface area contributed by atoms with Crippen LogP contribution in [-0.4, -0.2) is 42.2 Å². The lowest BCUT2D eigenvalue weighted by Gasteiger charge is -2.24. The van der Waals surface area contributed by atoms with Gasteiger partial charge in [-0.1, -0.05) is 12.1 Å². The Labute approximate surface area is 124 Å². The normalized spacial score (nSPS) is 20.9. The summed E-state index contributed by atoms with van der Waals surface area (Å²) in [5, 5.41) is 8.97. The summed E-state index contributed by atoms with van der Waals surface area (Å²) in [7, 11) is 1.64. The highest BCUT2D eigenvalue weighted by Crippen LogP contribution is 2.29. The number of carbonyl (C=O) groups is 1. The topological polar surface area (TPSA) is 49.8 Å². The van der Waals surface area contributed by atoms with Crippen LogP contribution in [0.3, 0.4) is 0 Å². The van der Waals surface area contributed by atoms with Crippen LogP contribution in [0.1, 0.15) is 29.3 Å². The molecular formula is C15H20ClNO3. The van der Waals surface area contributed by atoms with Gasteiger partial charge in [0.2, 0.25) is 0 Å². The fourth-order valence-electron chi connectivity index (χ4n) is 2.73. The summed E-state index contributed by atoms with van der Waals surface area (Å²) in [5.41, 5.74) is 2.04. The van der Waals surface area contributed by atoms with Gasteiger partial charge in [0.25, 0.3) is 0 Å². The summed E-state index contributed by atoms with van der Waals surface area (Å²) in [4.78, 5) is 13.1. The third kappa shape index (κ3) is 3.25. The minimum Gasteiger partial charge on any atom is -0.496 e. The SMILES string of the molecule is COc1ccc(C(Cl)CN2CCCC2C(=O)O)cc1C. The van der Waals surface area contributed by atoms with Gasteiger partial charge in [-0.25, -0.2) is 0 Å². The van der Waals surface area contributed by atoms with E-state index in [0.29, 0.717) is 13.0 Å². The van der Waals surface area contributed by atoms with Crippen molar-refractivity contribution in [2.24, 2.45) is 0 Å². The number of carboxylic acids is 1. The molecule has 1 saturated heterocycles. The Morgan fingerprint density at radius 3 is 2.95 bits per heavy atom. The lowest BCUT2D eigenvalue weighted by molar-refractivity contribution is -0.142. The van der Waals surface area contributed by atoms with Crippen molar-refractivity contribution in [3.05, 3.63) is 29.3 Å². The molecule has 1 aromatic rings. The number of methoxy groups -OCH3 is 1. The first-order valence-corrected chi connectivity index (χ1v) is 7.22. The monoisotopic (exact) mass is 297 g/mol. The van der Waals surface area contributed by atoms with Gasteiger partial charge < -0.3 is 9.84 Å². The van der Waals surface area contributed by atoms with E-state index in [0.717, 1.165) is 29.8 Å². The van der Waals surface area contributed by atoms with E-state index in [1.807, 2.05) is 30.0 Å². The maximum absolute atomic E-state index is 11.2. The summed E-state index contributed by atoms with van der Waals surface area (Å²) in [6.45, 7) is 3.33. The standard InChI is InChI=1S/C15H20ClNO3/c1-10-8-11(5-6-14(10)20-2)12(16)9-17-7-3-4-13(17)15(18)19/h5-6,8,12-13H,3-4,7,9H2,1-2H3,(H,18,19). The zero-order valence-electron chi connectivity index (χ0n) is 11.8. The number of halogens is 1. The minimum atomic E-state index is -0.753. The molecule has 1 aliphatic rings. The molecule has 5 heteroatoms. The van der Waals surface area contributed by atoms with E-state index in [9.17, 15) is 9.90 Å². The van der Waals surface area contributed by atoms with Crippen molar-refractivity contribution in [2.45, 2.75) is 31.2 Å². The van der Waals surface area contributed by atoms with Gasteiger partial charge in [0, 0.05) is 6.54 Å². The number of likely N-dealkylation sites (tertiary alicyclic amines) is 1. The van der Waals surface area contributed by atoms with E-state index >= 15 is 0 Å². The quantitative estimate of drug-likeness (QED) is 0.849. The maximum Gasteiger partial charge on any atom is 0.320 e. The number of hydrogen-bond donors (Lipinski definition) is 1. The van der Waals surface area contributed by atoms with E-state index in [4.69, 9.17) is 16.3 Å². The summed E-state index contributed by atoms with van der Waals surface area (Å²) in [5.74, 6) is 0.0829. The second kappa shape index (κ2) is 6.46. The van der Waals surface area contributed by atoms with Crippen molar-refractivity contribution in [3.63, 3.8) is 0 Å². The van der Waals surface area contributed by atoms with Gasteiger partial charge in [0.05, 0.1) is 12.5 Å². The zero-order valence-corrected chi connectivity index (χ0v) is 12.6. The summed E-state index contributed by atoms with van der Waals surface area (Å²) < 4.78 is 5.23. The first-order chi connectivity index (χ1) is 9.52. The molecule has 1 N–H and O–H groups in total. The van der Waals surface area contributed by atoms with Crippen LogP contribution in [0.5, 0.6) is 5.75 Å². The highest BCUT2D eigenvalue weighted by Gasteiger charge is 2.31. The van der Waals surface area contributed by atoms with Gasteiger partial charge >= 0.3 is 5.97 Å². The van der Waals surface area contributed by atoms with Crippen molar-refractivity contribution in [3.8, 4) is 5.75 Å². The van der Waals surface area contributed by atoms with Crippen LogP contribution >= 0.6 is 11.6 Å². The van der Waals surface area contributed by atoms with Gasteiger partial charge in [-0.05, 0) is 43.5 Å². The average Bonchev–Trinajstić information content (AvgIpc) is 2.86. The number of benzene rings is 1. The van der Waals surface area contributed by atoms with Crippen molar-refractivity contribution in [1.82, 2.24) is 4.90 Å². The summed E-state index contributed by atoms with van der Waals surface area (Å²) >= 11 is 6.45. The van der Waals surface area contributed by atoms with E-state index in [-0.39, 0.29) is 5.38 Å². The Kier molecular flexibility index (Phi) is 4.89. The number of rotatable bonds is 5. The van der Waals surface area contributed by atoms with Gasteiger partial charge in [-0.2, -0.15) is 0 Å². The molecule has 4 nitrogen and oxygen atoms in total. The van der Waals surface area contributed by atoms with Crippen molar-refractivity contribution in [2.75, 3.05) is 20.2 Å². The maximum atomic E-state index is 11.2. The molecule has 0 amide bonds. The van der Waals surface area contributed by atoms with Crippen LogP contribution in [-0.2, 0) is 4.79 Å². The molecule has 1 fully saturated rings. The highest BCUT2D eigenvalue weighted by molar-refractivity contribution is 6.21. The Hall–Kier alpha value is -1.26. The van der Waals surface area contributed by atoms with Gasteiger partial charge in [-0.3, -0.25) is 9.69 Å². The Balaban J connectivity index is 2.06. The molecule has 2 atom stereocenters. The number of aliphatic carboxylic acids is 1. The molecule has 0 bridgehead atoms. The van der Waals surface area contributed by atoms with Crippen LogP contribution in [0, 0.1) is 6.92 Å². The van der Waals surface area contributed by atoms with E-state index in [2.05, 4.69) is 0 Å². The Bertz CT molecular complexity index is 492. The first-order valence-electron chi connectivity index (χ1n) is 6.78. The Morgan fingerprint density at radius 2 is 2.35 bits per heavy atom. The molecule has 0 saturated carbocycles. The van der Waals surface area contributed by atoms with Crippen LogP contribution in [0.15, 0.2) is 18.2 Å². The fourth-order valence-corrected chi connectivity index (χ4v) is 3.05. The molecule has 0 aliphatic carbocycles. The molecule has 2 unspecified atom stereocenters. The van der Waals surface area contributed by atoms with Crippen LogP contribution in [0.25, 0.3) is 0 Å². The summed E-state index contributed by atoms with van der Waals surface area (Å²) in [6, 6.07) is 5.45. The van der Waals surface area contributed by atoms with Crippen molar-refractivity contribution >= 4 is 17.6 Å². The molecular weight excluding hydrogens is 278 g/mol. The number of nitrogens with zero attached hydrogens (tertiary/aromatic N) is 1. The van der Waals surface area contributed by atoms with Crippen LogP contribution < -0.4 is 4.74 Å². The fraction of sp³-hybridized carbons (Fsp3) is 0.533. The summed E-state index contributed by atoms with van der Waals surface area (Å²) in [6.07, 6.45) is 1.63. The number of ether oxygens (including phenoxy) is 1.